The van der Waals surface area contributed by atoms with Crippen molar-refractivity contribution in [2.45, 2.75) is 20.4 Å². The number of carbonyl (C=O) groups excluding carboxylic acids is 1. The van der Waals surface area contributed by atoms with Gasteiger partial charge >= 0.3 is 5.00 Å². The molecule has 110 valence electrons. The predicted octanol–water partition coefficient (Wildman–Crippen LogP) is 3.66. The van der Waals surface area contributed by atoms with Gasteiger partial charge in [0.2, 0.25) is 5.91 Å². The maximum atomic E-state index is 11.7. The first-order valence-corrected chi connectivity index (χ1v) is 7.90. The van der Waals surface area contributed by atoms with Crippen molar-refractivity contribution in [3.05, 3.63) is 54.6 Å². The molecule has 5 nitrogen and oxygen atoms in total. The topological polar surface area (TPSA) is 72.2 Å². The van der Waals surface area contributed by atoms with Crippen LogP contribution in [0.5, 0.6) is 0 Å². The Morgan fingerprint density at radius 2 is 2.19 bits per heavy atom. The number of aryl methyl sites for hydroxylation is 1. The van der Waals surface area contributed by atoms with Gasteiger partial charge < -0.3 is 5.32 Å². The van der Waals surface area contributed by atoms with E-state index in [1.54, 1.807) is 23.5 Å². The Hall–Kier alpha value is -1.99. The summed E-state index contributed by atoms with van der Waals surface area (Å²) < 4.78 is 0. The van der Waals surface area contributed by atoms with Gasteiger partial charge in [0.25, 0.3) is 0 Å². The van der Waals surface area contributed by atoms with Crippen LogP contribution < -0.4 is 5.32 Å². The van der Waals surface area contributed by atoms with E-state index in [0.29, 0.717) is 11.4 Å². The van der Waals surface area contributed by atoms with Crippen LogP contribution in [0.3, 0.4) is 0 Å². The Labute approximate surface area is 130 Å². The summed E-state index contributed by atoms with van der Waals surface area (Å²) in [6.45, 7) is 4.58. The minimum atomic E-state index is -0.441. The van der Waals surface area contributed by atoms with E-state index in [-0.39, 0.29) is 10.9 Å². The summed E-state index contributed by atoms with van der Waals surface area (Å²) in [5.41, 5.74) is 2.32. The molecule has 1 N–H and O–H groups in total. The van der Waals surface area contributed by atoms with E-state index in [4.69, 9.17) is 0 Å². The lowest BCUT2D eigenvalue weighted by Gasteiger charge is -2.01. The molecule has 1 amide bonds. The predicted molar refractivity (Wildman–Crippen MR) is 85.6 cm³/mol. The molecule has 2 aromatic rings. The Bertz CT molecular complexity index is 701. The number of nitrogens with zero attached hydrogens (tertiary/aromatic N) is 1. The number of thiophene rings is 2. The first kappa shape index (κ1) is 15.4. The molecule has 0 saturated heterocycles. The first-order valence-electron chi connectivity index (χ1n) is 6.21. The molecule has 21 heavy (non-hydrogen) atoms. The zero-order chi connectivity index (χ0) is 15.4. The number of amides is 1. The summed E-state index contributed by atoms with van der Waals surface area (Å²) in [5, 5.41) is 15.5. The van der Waals surface area contributed by atoms with Gasteiger partial charge in [-0.3, -0.25) is 14.9 Å². The average Bonchev–Trinajstić information content (AvgIpc) is 3.04. The molecular weight excluding hydrogens is 308 g/mol. The van der Waals surface area contributed by atoms with Crippen LogP contribution in [-0.2, 0) is 11.3 Å². The summed E-state index contributed by atoms with van der Waals surface area (Å²) in [7, 11) is 0. The number of carbonyl (C=O) groups is 1. The molecule has 7 heteroatoms. The maximum absolute atomic E-state index is 11.7. The zero-order valence-corrected chi connectivity index (χ0v) is 13.2. The Morgan fingerprint density at radius 1 is 1.43 bits per heavy atom. The fraction of sp³-hybridized carbons (Fsp3) is 0.214. The molecule has 0 spiro atoms. The molecule has 0 bridgehead atoms. The normalized spacial score (nSPS) is 11.0. The molecule has 2 aromatic heterocycles. The van der Waals surface area contributed by atoms with Crippen molar-refractivity contribution in [3.8, 4) is 0 Å². The summed E-state index contributed by atoms with van der Waals surface area (Å²) in [5.74, 6) is -0.214. The average molecular weight is 322 g/mol. The van der Waals surface area contributed by atoms with Crippen LogP contribution in [0.4, 0.5) is 5.00 Å². The molecule has 0 aliphatic rings. The molecule has 0 radical (unpaired) electrons. The van der Waals surface area contributed by atoms with Gasteiger partial charge in [0, 0.05) is 28.4 Å². The monoisotopic (exact) mass is 322 g/mol. The Morgan fingerprint density at radius 3 is 2.76 bits per heavy atom. The fourth-order valence-electron chi connectivity index (χ4n) is 1.67. The van der Waals surface area contributed by atoms with E-state index < -0.39 is 4.92 Å². The van der Waals surface area contributed by atoms with Crippen LogP contribution in [0, 0.1) is 24.0 Å². The van der Waals surface area contributed by atoms with Crippen LogP contribution in [0.2, 0.25) is 0 Å². The van der Waals surface area contributed by atoms with Gasteiger partial charge in [-0.05, 0) is 42.5 Å². The van der Waals surface area contributed by atoms with Crippen molar-refractivity contribution >= 4 is 39.7 Å². The molecular formula is C14H14N2O3S2. The van der Waals surface area contributed by atoms with E-state index in [9.17, 15) is 14.9 Å². The number of rotatable bonds is 5. The van der Waals surface area contributed by atoms with Gasteiger partial charge in [-0.15, -0.1) is 11.3 Å². The molecule has 0 saturated carbocycles. The van der Waals surface area contributed by atoms with Crippen molar-refractivity contribution in [1.29, 1.82) is 0 Å². The summed E-state index contributed by atoms with van der Waals surface area (Å²) >= 11 is 2.71. The largest absolute Gasteiger partial charge is 0.348 e. The van der Waals surface area contributed by atoms with Gasteiger partial charge in [-0.1, -0.05) is 11.3 Å². The molecule has 0 aliphatic carbocycles. The lowest BCUT2D eigenvalue weighted by atomic mass is 10.2. The SMILES string of the molecule is Cc1scc(CNC(=O)/C=C/c2ccc([N+](=O)[O-])s2)c1C. The van der Waals surface area contributed by atoms with Gasteiger partial charge in [-0.25, -0.2) is 0 Å². The second kappa shape index (κ2) is 6.64. The zero-order valence-electron chi connectivity index (χ0n) is 11.6. The van der Waals surface area contributed by atoms with E-state index >= 15 is 0 Å². The Balaban J connectivity index is 1.90. The van der Waals surface area contributed by atoms with Crippen molar-refractivity contribution < 1.29 is 9.72 Å². The van der Waals surface area contributed by atoms with E-state index in [1.165, 1.54) is 22.6 Å². The van der Waals surface area contributed by atoms with Crippen molar-refractivity contribution in [3.63, 3.8) is 0 Å². The van der Waals surface area contributed by atoms with Gasteiger partial charge in [0.1, 0.15) is 0 Å². The summed E-state index contributed by atoms with van der Waals surface area (Å²) in [6.07, 6.45) is 2.98. The molecule has 0 aliphatic heterocycles. The van der Waals surface area contributed by atoms with E-state index in [1.807, 2.05) is 12.3 Å². The van der Waals surface area contributed by atoms with Gasteiger partial charge in [0.15, 0.2) is 0 Å². The third-order valence-electron chi connectivity index (χ3n) is 3.03. The number of nitrogens with one attached hydrogen (secondary N) is 1. The second-order valence-corrected chi connectivity index (χ2v) is 6.60. The molecule has 0 unspecified atom stereocenters. The first-order chi connectivity index (χ1) is 9.97. The molecule has 0 atom stereocenters. The van der Waals surface area contributed by atoms with Crippen LogP contribution in [0.1, 0.15) is 20.9 Å². The lowest BCUT2D eigenvalue weighted by Crippen LogP contribution is -2.20. The van der Waals surface area contributed by atoms with Crippen LogP contribution >= 0.6 is 22.7 Å². The minimum absolute atomic E-state index is 0.0689. The third kappa shape index (κ3) is 3.99. The van der Waals surface area contributed by atoms with Crippen molar-refractivity contribution in [1.82, 2.24) is 5.32 Å². The van der Waals surface area contributed by atoms with Crippen LogP contribution in [0.15, 0.2) is 23.6 Å². The molecule has 2 rings (SSSR count). The standard InChI is InChI=1S/C14H14N2O3S2/c1-9-10(2)20-8-11(9)7-15-13(17)5-3-12-4-6-14(21-12)16(18)19/h3-6,8H,7H2,1-2H3,(H,15,17)/b5-3+. The molecule has 0 aromatic carbocycles. The Kier molecular flexibility index (Phi) is 4.87. The van der Waals surface area contributed by atoms with Crippen LogP contribution in [0.25, 0.3) is 6.08 Å². The van der Waals surface area contributed by atoms with Crippen molar-refractivity contribution in [2.75, 3.05) is 0 Å². The fourth-order valence-corrected chi connectivity index (χ4v) is 3.28. The van der Waals surface area contributed by atoms with Gasteiger partial charge in [-0.2, -0.15) is 0 Å². The summed E-state index contributed by atoms with van der Waals surface area (Å²) in [6, 6.07) is 3.05. The number of nitro groups is 1. The highest BCUT2D eigenvalue weighted by Gasteiger charge is 2.08. The number of hydrogen-bond acceptors (Lipinski definition) is 5. The quantitative estimate of drug-likeness (QED) is 0.518. The third-order valence-corrected chi connectivity index (χ3v) is 5.10. The second-order valence-electron chi connectivity index (χ2n) is 4.43. The highest BCUT2D eigenvalue weighted by molar-refractivity contribution is 7.16. The highest BCUT2D eigenvalue weighted by Crippen LogP contribution is 2.24. The smallest absolute Gasteiger partial charge is 0.324 e. The van der Waals surface area contributed by atoms with Crippen molar-refractivity contribution in [2.24, 2.45) is 0 Å². The molecule has 2 heterocycles. The lowest BCUT2D eigenvalue weighted by molar-refractivity contribution is -0.380. The van der Waals surface area contributed by atoms with Crippen LogP contribution in [-0.4, -0.2) is 10.8 Å². The molecule has 0 fully saturated rings. The van der Waals surface area contributed by atoms with E-state index in [2.05, 4.69) is 12.2 Å². The highest BCUT2D eigenvalue weighted by atomic mass is 32.1. The summed E-state index contributed by atoms with van der Waals surface area (Å²) in [4.78, 5) is 23.8. The number of hydrogen-bond donors (Lipinski definition) is 1. The van der Waals surface area contributed by atoms with Gasteiger partial charge in [0.05, 0.1) is 4.92 Å². The van der Waals surface area contributed by atoms with E-state index in [0.717, 1.165) is 16.9 Å². The minimum Gasteiger partial charge on any atom is -0.348 e. The maximum Gasteiger partial charge on any atom is 0.324 e.